The van der Waals surface area contributed by atoms with Crippen LogP contribution >= 0.6 is 0 Å². The van der Waals surface area contributed by atoms with Crippen molar-refractivity contribution < 1.29 is 0 Å². The molecule has 0 aliphatic carbocycles. The molecule has 3 N–H and O–H groups in total. The number of hydrogen-bond acceptors (Lipinski definition) is 2. The molecule has 1 aromatic heterocycles. The lowest BCUT2D eigenvalue weighted by Gasteiger charge is -2.21. The quantitative estimate of drug-likeness (QED) is 0.529. The number of H-pyrrole nitrogens is 1. The number of aryl methyl sites for hydroxylation is 1. The predicted octanol–water partition coefficient (Wildman–Crippen LogP) is 2.92. The largest absolute Gasteiger partial charge is 0.361 e. The normalized spacial score (nSPS) is 17.0. The molecule has 1 atom stereocenters. The third-order valence-electron chi connectivity index (χ3n) is 5.22. The number of aliphatic imine (C=N–C) groups is 1. The number of fused-ring (bicyclic) bond motifs is 1. The molecule has 0 amide bonds. The van der Waals surface area contributed by atoms with Crippen LogP contribution in [0.2, 0.25) is 0 Å². The Morgan fingerprint density at radius 1 is 1.27 bits per heavy atom. The third-order valence-corrected chi connectivity index (χ3v) is 5.22. The van der Waals surface area contributed by atoms with Gasteiger partial charge < -0.3 is 20.5 Å². The Hall–Kier alpha value is -2.01. The van der Waals surface area contributed by atoms with Crippen LogP contribution in [0, 0.1) is 12.8 Å². The summed E-state index contributed by atoms with van der Waals surface area (Å²) >= 11 is 0. The number of likely N-dealkylation sites (tertiary alicyclic amines) is 1. The first-order valence-electron chi connectivity index (χ1n) is 9.89. The molecule has 1 aliphatic heterocycles. The number of hydrogen-bond donors (Lipinski definition) is 3. The summed E-state index contributed by atoms with van der Waals surface area (Å²) in [5.41, 5.74) is 3.86. The van der Waals surface area contributed by atoms with Crippen molar-refractivity contribution >= 4 is 16.9 Å². The molecular weight excluding hydrogens is 322 g/mol. The predicted molar refractivity (Wildman–Crippen MR) is 111 cm³/mol. The summed E-state index contributed by atoms with van der Waals surface area (Å²) in [5, 5.41) is 8.24. The van der Waals surface area contributed by atoms with Crippen LogP contribution < -0.4 is 10.6 Å². The van der Waals surface area contributed by atoms with E-state index >= 15 is 0 Å². The van der Waals surface area contributed by atoms with E-state index in [0.717, 1.165) is 25.5 Å². The first-order chi connectivity index (χ1) is 12.7. The number of guanidine groups is 1. The van der Waals surface area contributed by atoms with Crippen LogP contribution in [0.4, 0.5) is 0 Å². The van der Waals surface area contributed by atoms with E-state index in [2.05, 4.69) is 63.8 Å². The summed E-state index contributed by atoms with van der Waals surface area (Å²) in [7, 11) is 1.84. The molecule has 0 spiro atoms. The summed E-state index contributed by atoms with van der Waals surface area (Å²) in [4.78, 5) is 10.3. The summed E-state index contributed by atoms with van der Waals surface area (Å²) in [5.74, 6) is 1.53. The van der Waals surface area contributed by atoms with Gasteiger partial charge in [0.25, 0.3) is 0 Å². The van der Waals surface area contributed by atoms with Crippen molar-refractivity contribution in [1.82, 2.24) is 20.5 Å². The van der Waals surface area contributed by atoms with Gasteiger partial charge in [0, 0.05) is 43.8 Å². The van der Waals surface area contributed by atoms with Gasteiger partial charge in [-0.1, -0.05) is 19.1 Å². The van der Waals surface area contributed by atoms with Crippen molar-refractivity contribution in [2.45, 2.75) is 33.1 Å². The lowest BCUT2D eigenvalue weighted by atomic mass is 10.1. The Balaban J connectivity index is 1.42. The van der Waals surface area contributed by atoms with Crippen LogP contribution in [0.25, 0.3) is 10.9 Å². The van der Waals surface area contributed by atoms with Gasteiger partial charge in [-0.15, -0.1) is 0 Å². The molecule has 1 unspecified atom stereocenters. The molecule has 0 radical (unpaired) electrons. The first kappa shape index (κ1) is 18.8. The van der Waals surface area contributed by atoms with Gasteiger partial charge in [0.1, 0.15) is 0 Å². The van der Waals surface area contributed by atoms with Crippen LogP contribution in [0.5, 0.6) is 0 Å². The number of rotatable bonds is 7. The smallest absolute Gasteiger partial charge is 0.190 e. The lowest BCUT2D eigenvalue weighted by molar-refractivity contribution is 0.287. The average Bonchev–Trinajstić information content (AvgIpc) is 3.27. The lowest BCUT2D eigenvalue weighted by Crippen LogP contribution is -2.42. The van der Waals surface area contributed by atoms with E-state index < -0.39 is 0 Å². The van der Waals surface area contributed by atoms with Crippen molar-refractivity contribution in [3.63, 3.8) is 0 Å². The monoisotopic (exact) mass is 355 g/mol. The van der Waals surface area contributed by atoms with Crippen molar-refractivity contribution in [3.05, 3.63) is 35.5 Å². The second-order valence-electron chi connectivity index (χ2n) is 7.61. The standard InChI is InChI=1S/C21H33N5/c1-16-6-7-19-18(14-24-20(19)12-16)8-9-23-21(22-3)25-13-17(2)15-26-10-4-5-11-26/h6-7,12,14,17,24H,4-5,8-11,13,15H2,1-3H3,(H2,22,23,25). The van der Waals surface area contributed by atoms with Gasteiger partial charge in [-0.3, -0.25) is 4.99 Å². The van der Waals surface area contributed by atoms with Gasteiger partial charge >= 0.3 is 0 Å². The molecule has 2 aromatic rings. The topological polar surface area (TPSA) is 55.5 Å². The first-order valence-corrected chi connectivity index (χ1v) is 9.89. The van der Waals surface area contributed by atoms with Crippen LogP contribution in [0.1, 0.15) is 30.9 Å². The van der Waals surface area contributed by atoms with Crippen molar-refractivity contribution in [1.29, 1.82) is 0 Å². The van der Waals surface area contributed by atoms with Gasteiger partial charge in [0.05, 0.1) is 0 Å². The summed E-state index contributed by atoms with van der Waals surface area (Å²) in [6.45, 7) is 9.99. The summed E-state index contributed by atoms with van der Waals surface area (Å²) < 4.78 is 0. The highest BCUT2D eigenvalue weighted by molar-refractivity contribution is 5.84. The van der Waals surface area contributed by atoms with E-state index in [1.165, 1.54) is 54.5 Å². The van der Waals surface area contributed by atoms with Crippen LogP contribution in [-0.4, -0.2) is 55.6 Å². The maximum atomic E-state index is 4.36. The highest BCUT2D eigenvalue weighted by atomic mass is 15.2. The highest BCUT2D eigenvalue weighted by Crippen LogP contribution is 2.19. The zero-order valence-electron chi connectivity index (χ0n) is 16.4. The van der Waals surface area contributed by atoms with Gasteiger partial charge in [-0.25, -0.2) is 0 Å². The molecule has 142 valence electrons. The molecule has 2 heterocycles. The maximum absolute atomic E-state index is 4.36. The van der Waals surface area contributed by atoms with Gasteiger partial charge in [0.2, 0.25) is 0 Å². The molecular formula is C21H33N5. The Morgan fingerprint density at radius 2 is 2.08 bits per heavy atom. The fourth-order valence-electron chi connectivity index (χ4n) is 3.78. The Morgan fingerprint density at radius 3 is 2.85 bits per heavy atom. The molecule has 1 fully saturated rings. The Labute approximate surface area is 157 Å². The van der Waals surface area contributed by atoms with Gasteiger partial charge in [0.15, 0.2) is 5.96 Å². The minimum Gasteiger partial charge on any atom is -0.361 e. The van der Waals surface area contributed by atoms with Crippen LogP contribution in [0.15, 0.2) is 29.4 Å². The van der Waals surface area contributed by atoms with Crippen molar-refractivity contribution in [2.75, 3.05) is 39.8 Å². The molecule has 3 rings (SSSR count). The molecule has 5 heteroatoms. The maximum Gasteiger partial charge on any atom is 0.190 e. The minimum atomic E-state index is 0.628. The van der Waals surface area contributed by atoms with E-state index in [1.54, 1.807) is 0 Å². The molecule has 1 saturated heterocycles. The van der Waals surface area contributed by atoms with E-state index in [4.69, 9.17) is 0 Å². The summed E-state index contributed by atoms with van der Waals surface area (Å²) in [6, 6.07) is 6.59. The zero-order chi connectivity index (χ0) is 18.4. The Kier molecular flexibility index (Phi) is 6.56. The molecule has 26 heavy (non-hydrogen) atoms. The number of aromatic nitrogens is 1. The highest BCUT2D eigenvalue weighted by Gasteiger charge is 2.14. The fourth-order valence-corrected chi connectivity index (χ4v) is 3.78. The van der Waals surface area contributed by atoms with E-state index in [9.17, 15) is 0 Å². The van der Waals surface area contributed by atoms with Crippen molar-refractivity contribution in [3.8, 4) is 0 Å². The molecule has 1 aromatic carbocycles. The number of aromatic amines is 1. The van der Waals surface area contributed by atoms with Crippen LogP contribution in [-0.2, 0) is 6.42 Å². The number of benzene rings is 1. The second-order valence-corrected chi connectivity index (χ2v) is 7.61. The number of nitrogens with one attached hydrogen (secondary N) is 3. The molecule has 5 nitrogen and oxygen atoms in total. The fraction of sp³-hybridized carbons (Fsp3) is 0.571. The van der Waals surface area contributed by atoms with Gasteiger partial charge in [-0.05, 0) is 62.4 Å². The summed E-state index contributed by atoms with van der Waals surface area (Å²) in [6.07, 6.45) is 5.82. The van der Waals surface area contributed by atoms with E-state index in [0.29, 0.717) is 5.92 Å². The molecule has 0 saturated carbocycles. The van der Waals surface area contributed by atoms with Crippen LogP contribution in [0.3, 0.4) is 0 Å². The minimum absolute atomic E-state index is 0.628. The Bertz CT molecular complexity index is 727. The molecule has 1 aliphatic rings. The van der Waals surface area contributed by atoms with Crippen molar-refractivity contribution in [2.24, 2.45) is 10.9 Å². The average molecular weight is 356 g/mol. The van der Waals surface area contributed by atoms with E-state index in [-0.39, 0.29) is 0 Å². The van der Waals surface area contributed by atoms with Gasteiger partial charge in [-0.2, -0.15) is 0 Å². The second kappa shape index (κ2) is 9.08. The number of nitrogens with zero attached hydrogens (tertiary/aromatic N) is 2. The zero-order valence-corrected chi connectivity index (χ0v) is 16.4. The molecule has 0 bridgehead atoms. The SMILES string of the molecule is CN=C(NCCc1c[nH]c2cc(C)ccc12)NCC(C)CN1CCCC1. The van der Waals surface area contributed by atoms with E-state index in [1.807, 2.05) is 7.05 Å². The third kappa shape index (κ3) is 5.01.